The molecule has 0 radical (unpaired) electrons. The van der Waals surface area contributed by atoms with Crippen molar-refractivity contribution in [3.8, 4) is 0 Å². The number of carbonyl (C=O) groups is 1. The standard InChI is InChI=1S/C29H32O7/c1-20(30)36-26-24(31)27(33-17-21-11-5-2-6-12-21)29(35-19-23-15-9-4-10-16-23)28(25(26)32)34-18-22-13-7-3-8-14-22/h2-16,24-29,31-32H,17-19H2,1H3/t24-,25-,26?,27-,28+,29?/m0/s1. The molecule has 1 saturated carbocycles. The predicted molar refractivity (Wildman–Crippen MR) is 133 cm³/mol. The molecule has 2 N–H and O–H groups in total. The van der Waals surface area contributed by atoms with Gasteiger partial charge in [0.1, 0.15) is 30.5 Å². The van der Waals surface area contributed by atoms with Crippen LogP contribution in [0.5, 0.6) is 0 Å². The zero-order valence-electron chi connectivity index (χ0n) is 20.2. The smallest absolute Gasteiger partial charge is 0.303 e. The number of esters is 1. The van der Waals surface area contributed by atoms with Crippen molar-refractivity contribution >= 4 is 5.97 Å². The van der Waals surface area contributed by atoms with Gasteiger partial charge >= 0.3 is 5.97 Å². The normalized spacial score (nSPS) is 25.9. The summed E-state index contributed by atoms with van der Waals surface area (Å²) in [6.07, 6.45) is -6.59. The highest BCUT2D eigenvalue weighted by Gasteiger charge is 2.53. The zero-order valence-corrected chi connectivity index (χ0v) is 20.2. The number of carbonyl (C=O) groups excluding carboxylic acids is 1. The van der Waals surface area contributed by atoms with Gasteiger partial charge in [-0.3, -0.25) is 4.79 Å². The second kappa shape index (κ2) is 12.8. The number of rotatable bonds is 10. The van der Waals surface area contributed by atoms with Gasteiger partial charge in [0.05, 0.1) is 19.8 Å². The number of hydrogen-bond acceptors (Lipinski definition) is 7. The van der Waals surface area contributed by atoms with Gasteiger partial charge in [0.2, 0.25) is 0 Å². The summed E-state index contributed by atoms with van der Waals surface area (Å²) in [4.78, 5) is 11.8. The predicted octanol–water partition coefficient (Wildman–Crippen LogP) is 3.41. The first-order valence-corrected chi connectivity index (χ1v) is 12.0. The molecular formula is C29H32O7. The molecule has 0 aromatic heterocycles. The average Bonchev–Trinajstić information content (AvgIpc) is 2.90. The molecule has 1 aliphatic rings. The summed E-state index contributed by atoms with van der Waals surface area (Å²) >= 11 is 0. The fraction of sp³-hybridized carbons (Fsp3) is 0.345. The number of benzene rings is 3. The van der Waals surface area contributed by atoms with Crippen LogP contribution in [0.15, 0.2) is 91.0 Å². The van der Waals surface area contributed by atoms with Crippen LogP contribution in [0.2, 0.25) is 0 Å². The fourth-order valence-electron chi connectivity index (χ4n) is 4.36. The van der Waals surface area contributed by atoms with Crippen LogP contribution in [-0.4, -0.2) is 52.8 Å². The van der Waals surface area contributed by atoms with Gasteiger partial charge in [-0.05, 0) is 16.7 Å². The Morgan fingerprint density at radius 3 is 1.25 bits per heavy atom. The lowest BCUT2D eigenvalue weighted by Crippen LogP contribution is -2.66. The van der Waals surface area contributed by atoms with E-state index in [4.69, 9.17) is 18.9 Å². The lowest BCUT2D eigenvalue weighted by molar-refractivity contribution is -0.267. The second-order valence-corrected chi connectivity index (χ2v) is 8.84. The van der Waals surface area contributed by atoms with E-state index >= 15 is 0 Å². The molecule has 6 atom stereocenters. The van der Waals surface area contributed by atoms with E-state index in [1.54, 1.807) is 0 Å². The molecule has 190 valence electrons. The van der Waals surface area contributed by atoms with Crippen LogP contribution in [0, 0.1) is 0 Å². The first-order valence-electron chi connectivity index (χ1n) is 12.0. The quantitative estimate of drug-likeness (QED) is 0.419. The van der Waals surface area contributed by atoms with Crippen LogP contribution in [0.4, 0.5) is 0 Å². The number of aliphatic hydroxyl groups excluding tert-OH is 2. The maximum Gasteiger partial charge on any atom is 0.303 e. The molecule has 36 heavy (non-hydrogen) atoms. The van der Waals surface area contributed by atoms with Crippen LogP contribution < -0.4 is 0 Å². The van der Waals surface area contributed by atoms with Crippen LogP contribution in [-0.2, 0) is 43.6 Å². The van der Waals surface area contributed by atoms with Crippen LogP contribution in [0.25, 0.3) is 0 Å². The molecule has 7 heteroatoms. The lowest BCUT2D eigenvalue weighted by Gasteiger charge is -2.46. The molecule has 3 aromatic carbocycles. The lowest BCUT2D eigenvalue weighted by atomic mass is 9.84. The highest BCUT2D eigenvalue weighted by atomic mass is 16.6. The molecule has 7 nitrogen and oxygen atoms in total. The minimum atomic E-state index is -1.33. The molecule has 0 aliphatic heterocycles. The Morgan fingerprint density at radius 2 is 0.917 bits per heavy atom. The fourth-order valence-corrected chi connectivity index (χ4v) is 4.36. The third-order valence-electron chi connectivity index (χ3n) is 6.15. The molecule has 4 rings (SSSR count). The molecular weight excluding hydrogens is 460 g/mol. The van der Waals surface area contributed by atoms with E-state index in [0.717, 1.165) is 16.7 Å². The van der Waals surface area contributed by atoms with E-state index < -0.39 is 42.6 Å². The van der Waals surface area contributed by atoms with E-state index in [1.807, 2.05) is 91.0 Å². The Balaban J connectivity index is 1.60. The van der Waals surface area contributed by atoms with E-state index in [0.29, 0.717) is 0 Å². The Hall–Kier alpha value is -3.07. The Labute approximate surface area is 211 Å². The first kappa shape index (κ1) is 26.0. The highest BCUT2D eigenvalue weighted by molar-refractivity contribution is 5.66. The van der Waals surface area contributed by atoms with Crippen molar-refractivity contribution in [2.75, 3.05) is 0 Å². The minimum Gasteiger partial charge on any atom is -0.457 e. The van der Waals surface area contributed by atoms with Gasteiger partial charge < -0.3 is 29.2 Å². The van der Waals surface area contributed by atoms with Crippen molar-refractivity contribution in [2.24, 2.45) is 0 Å². The third-order valence-corrected chi connectivity index (χ3v) is 6.15. The maximum atomic E-state index is 11.8. The average molecular weight is 493 g/mol. The van der Waals surface area contributed by atoms with Gasteiger partial charge in [-0.15, -0.1) is 0 Å². The largest absolute Gasteiger partial charge is 0.457 e. The van der Waals surface area contributed by atoms with E-state index in [2.05, 4.69) is 0 Å². The molecule has 1 aliphatic carbocycles. The summed E-state index contributed by atoms with van der Waals surface area (Å²) in [5.74, 6) is -0.620. The van der Waals surface area contributed by atoms with Gasteiger partial charge in [0, 0.05) is 6.92 Å². The topological polar surface area (TPSA) is 94.5 Å². The van der Waals surface area contributed by atoms with Crippen molar-refractivity contribution in [3.05, 3.63) is 108 Å². The van der Waals surface area contributed by atoms with Gasteiger partial charge in [-0.25, -0.2) is 0 Å². The van der Waals surface area contributed by atoms with Crippen LogP contribution in [0.3, 0.4) is 0 Å². The van der Waals surface area contributed by atoms with E-state index in [9.17, 15) is 15.0 Å². The molecule has 0 amide bonds. The molecule has 2 unspecified atom stereocenters. The number of hydrogen-bond donors (Lipinski definition) is 2. The molecule has 0 bridgehead atoms. The SMILES string of the molecule is CC(=O)OC1[C@H](O)[C@H](OCc2ccccc2)C(OCc2ccccc2)[C@H](OCc2ccccc2)[C@H]1O. The zero-order chi connectivity index (χ0) is 25.3. The summed E-state index contributed by atoms with van der Waals surface area (Å²) in [6.45, 7) is 1.85. The van der Waals surface area contributed by atoms with E-state index in [1.165, 1.54) is 6.92 Å². The third kappa shape index (κ3) is 6.78. The van der Waals surface area contributed by atoms with Crippen LogP contribution >= 0.6 is 0 Å². The first-order chi connectivity index (χ1) is 17.5. The molecule has 0 heterocycles. The Kier molecular flexibility index (Phi) is 9.22. The molecule has 1 fully saturated rings. The van der Waals surface area contributed by atoms with Crippen molar-refractivity contribution in [1.29, 1.82) is 0 Å². The number of ether oxygens (including phenoxy) is 4. The summed E-state index contributed by atoms with van der Waals surface area (Å²) in [7, 11) is 0. The van der Waals surface area contributed by atoms with Crippen molar-refractivity contribution < 1.29 is 34.0 Å². The van der Waals surface area contributed by atoms with Gasteiger partial charge in [-0.1, -0.05) is 91.0 Å². The van der Waals surface area contributed by atoms with Gasteiger partial charge in [0.15, 0.2) is 6.10 Å². The van der Waals surface area contributed by atoms with Crippen molar-refractivity contribution in [2.45, 2.75) is 63.4 Å². The molecule has 0 spiro atoms. The second-order valence-electron chi connectivity index (χ2n) is 8.84. The van der Waals surface area contributed by atoms with Gasteiger partial charge in [0.25, 0.3) is 0 Å². The van der Waals surface area contributed by atoms with Gasteiger partial charge in [-0.2, -0.15) is 0 Å². The Bertz CT molecular complexity index is 1000. The minimum absolute atomic E-state index is 0.196. The molecule has 3 aromatic rings. The van der Waals surface area contributed by atoms with Crippen molar-refractivity contribution in [3.63, 3.8) is 0 Å². The van der Waals surface area contributed by atoms with E-state index in [-0.39, 0.29) is 19.8 Å². The maximum absolute atomic E-state index is 11.8. The Morgan fingerprint density at radius 1 is 0.583 bits per heavy atom. The summed E-state index contributed by atoms with van der Waals surface area (Å²) in [6, 6.07) is 28.7. The summed E-state index contributed by atoms with van der Waals surface area (Å²) in [5, 5.41) is 22.4. The summed E-state index contributed by atoms with van der Waals surface area (Å²) in [5.41, 5.74) is 2.74. The monoisotopic (exact) mass is 492 g/mol. The number of aliphatic hydroxyl groups is 2. The molecule has 0 saturated heterocycles. The highest BCUT2D eigenvalue weighted by Crippen LogP contribution is 2.32. The van der Waals surface area contributed by atoms with Crippen LogP contribution in [0.1, 0.15) is 23.6 Å². The summed E-state index contributed by atoms with van der Waals surface area (Å²) < 4.78 is 23.9. The van der Waals surface area contributed by atoms with Crippen molar-refractivity contribution in [1.82, 2.24) is 0 Å².